The molecule has 0 atom stereocenters. The van der Waals surface area contributed by atoms with Gasteiger partial charge >= 0.3 is 0 Å². The van der Waals surface area contributed by atoms with E-state index < -0.39 is 0 Å². The lowest BCUT2D eigenvalue weighted by molar-refractivity contribution is 1.11. The molecule has 0 saturated carbocycles. The molecule has 0 aliphatic heterocycles. The van der Waals surface area contributed by atoms with Crippen LogP contribution in [0.15, 0.2) is 291 Å². The highest BCUT2D eigenvalue weighted by molar-refractivity contribution is 6.26. The average Bonchev–Trinajstić information content (AvgIpc) is 1.55. The number of fused-ring (bicyclic) bond motifs is 22. The molecule has 92 heavy (non-hydrogen) atoms. The second-order valence-electron chi connectivity index (χ2n) is 23.8. The van der Waals surface area contributed by atoms with Gasteiger partial charge in [0, 0.05) is 76.7 Å². The molecule has 0 unspecified atom stereocenters. The highest BCUT2D eigenvalue weighted by atomic mass is 15.1. The van der Waals surface area contributed by atoms with Crippen LogP contribution in [0, 0.1) is 0 Å². The Bertz CT molecular complexity index is 6490. The van der Waals surface area contributed by atoms with Gasteiger partial charge in [0.05, 0.1) is 55.5 Å². The molecule has 0 amide bonds. The van der Waals surface area contributed by atoms with Gasteiger partial charge in [-0.15, -0.1) is 0 Å². The zero-order valence-corrected chi connectivity index (χ0v) is 49.2. The third-order valence-corrected chi connectivity index (χ3v) is 18.7. The van der Waals surface area contributed by atoms with E-state index >= 15 is 0 Å². The molecule has 8 heterocycles. The molecule has 426 valence electrons. The van der Waals surface area contributed by atoms with Crippen LogP contribution in [0.5, 0.6) is 0 Å². The first-order chi connectivity index (χ1) is 45.6. The SMILES string of the molecule is c1ccc(-c2nc(-c3ccc(-n4c5ccccc5c5c6cc(-c7ccc(-c8nc(-c9cccc(-n%10c%11ccccc%11c%11c%12ccccc%12c%12nc%13ccccc%13n%12c%11%10)c9)nc9ccccc89)cc7)ccc6c6nc7ccccc7n6c54)cc3)nc3ccccc23)cc1. The summed E-state index contributed by atoms with van der Waals surface area (Å²) < 4.78 is 9.49. The van der Waals surface area contributed by atoms with Crippen LogP contribution in [-0.4, -0.2) is 47.8 Å². The van der Waals surface area contributed by atoms with Crippen molar-refractivity contribution >= 4 is 121 Å². The average molecular weight is 1170 g/mol. The molecule has 10 nitrogen and oxygen atoms in total. The molecular weight excluding hydrogens is 1120 g/mol. The fourth-order valence-electron chi connectivity index (χ4n) is 14.6. The summed E-state index contributed by atoms with van der Waals surface area (Å²) in [6.07, 6.45) is 0. The molecule has 12 aromatic carbocycles. The minimum Gasteiger partial charge on any atom is -0.295 e. The lowest BCUT2D eigenvalue weighted by atomic mass is 9.97. The molecule has 10 heteroatoms. The number of para-hydroxylation sites is 8. The summed E-state index contributed by atoms with van der Waals surface area (Å²) in [5, 5.41) is 11.2. The van der Waals surface area contributed by atoms with Gasteiger partial charge in [0.1, 0.15) is 22.6 Å². The standard InChI is InChI=1S/C82H48N10/c1-2-19-50(20-3-1)75-60-25-6-10-29-65(60)83-77(87-75)52-41-44-55(45-42-52)89-69-33-14-9-28-63(69)74-64-48-53(43-46-59(64)80-86-68-32-13-17-36-72(68)92(80)82(74)89)49-37-39-51(40-38-49)76-61-26-7-11-30-66(61)84-78(88-76)54-21-18-22-56(47-54)90-70-34-15-8-27-62(70)73-57-23-4-5-24-58(57)79-85-67-31-12-16-35-71(67)91(79)81(73)90/h1-48H. The van der Waals surface area contributed by atoms with Crippen molar-refractivity contribution in [1.29, 1.82) is 0 Å². The van der Waals surface area contributed by atoms with E-state index in [2.05, 4.69) is 291 Å². The van der Waals surface area contributed by atoms with Gasteiger partial charge in [0.2, 0.25) is 0 Å². The van der Waals surface area contributed by atoms with Crippen molar-refractivity contribution in [2.45, 2.75) is 0 Å². The van der Waals surface area contributed by atoms with Gasteiger partial charge in [-0.1, -0.05) is 194 Å². The van der Waals surface area contributed by atoms with E-state index in [0.29, 0.717) is 11.6 Å². The number of imidazole rings is 2. The van der Waals surface area contributed by atoms with E-state index in [0.717, 1.165) is 161 Å². The number of pyridine rings is 2. The minimum absolute atomic E-state index is 0.650. The number of benzene rings is 12. The van der Waals surface area contributed by atoms with Gasteiger partial charge in [-0.2, -0.15) is 0 Å². The number of rotatable bonds is 7. The topological polar surface area (TPSA) is 96.0 Å². The maximum Gasteiger partial charge on any atom is 0.160 e. The molecule has 0 saturated heterocycles. The lowest BCUT2D eigenvalue weighted by Crippen LogP contribution is -2.01. The first kappa shape index (κ1) is 50.3. The van der Waals surface area contributed by atoms with E-state index in [1.807, 2.05) is 18.2 Å². The number of aromatic nitrogens is 10. The zero-order valence-electron chi connectivity index (χ0n) is 49.2. The molecule has 20 aromatic rings. The summed E-state index contributed by atoms with van der Waals surface area (Å²) in [6.45, 7) is 0. The number of hydrogen-bond acceptors (Lipinski definition) is 6. The van der Waals surface area contributed by atoms with Crippen molar-refractivity contribution < 1.29 is 0 Å². The molecule has 0 aliphatic rings. The number of hydrogen-bond donors (Lipinski definition) is 0. The van der Waals surface area contributed by atoms with Crippen molar-refractivity contribution in [1.82, 2.24) is 47.8 Å². The van der Waals surface area contributed by atoms with Crippen LogP contribution in [0.3, 0.4) is 0 Å². The summed E-state index contributed by atoms with van der Waals surface area (Å²) >= 11 is 0. The third-order valence-electron chi connectivity index (χ3n) is 18.7. The molecular formula is C82H48N10. The third kappa shape index (κ3) is 7.37. The van der Waals surface area contributed by atoms with Crippen molar-refractivity contribution in [3.05, 3.63) is 291 Å². The van der Waals surface area contributed by atoms with E-state index in [4.69, 9.17) is 29.9 Å². The fraction of sp³-hybridized carbons (Fsp3) is 0. The Morgan fingerprint density at radius 3 is 1.25 bits per heavy atom. The largest absolute Gasteiger partial charge is 0.295 e. The quantitative estimate of drug-likeness (QED) is 0.158. The predicted molar refractivity (Wildman–Crippen MR) is 376 cm³/mol. The second kappa shape index (κ2) is 19.4. The molecule has 0 bridgehead atoms. The fourth-order valence-corrected chi connectivity index (χ4v) is 14.6. The van der Waals surface area contributed by atoms with Crippen LogP contribution in [-0.2, 0) is 0 Å². The van der Waals surface area contributed by atoms with E-state index in [1.165, 1.54) is 16.2 Å². The maximum absolute atomic E-state index is 5.49. The Kier molecular flexibility index (Phi) is 10.6. The van der Waals surface area contributed by atoms with Crippen LogP contribution < -0.4 is 0 Å². The van der Waals surface area contributed by atoms with Crippen LogP contribution in [0.4, 0.5) is 0 Å². The number of nitrogens with zero attached hydrogens (tertiary/aromatic N) is 10. The second-order valence-corrected chi connectivity index (χ2v) is 23.8. The van der Waals surface area contributed by atoms with Gasteiger partial charge in [-0.3, -0.25) is 17.9 Å². The monoisotopic (exact) mass is 1170 g/mol. The Morgan fingerprint density at radius 2 is 0.641 bits per heavy atom. The molecule has 8 aromatic heterocycles. The molecule has 0 N–H and O–H groups in total. The van der Waals surface area contributed by atoms with E-state index in [1.54, 1.807) is 0 Å². The summed E-state index contributed by atoms with van der Waals surface area (Å²) in [7, 11) is 0. The van der Waals surface area contributed by atoms with Gasteiger partial charge < -0.3 is 0 Å². The van der Waals surface area contributed by atoms with Crippen LogP contribution >= 0.6 is 0 Å². The summed E-state index contributed by atoms with van der Waals surface area (Å²) in [5.74, 6) is 1.33. The Labute approximate surface area is 524 Å². The maximum atomic E-state index is 5.49. The molecule has 20 rings (SSSR count). The molecule has 0 fully saturated rings. The predicted octanol–water partition coefficient (Wildman–Crippen LogP) is 20.0. The van der Waals surface area contributed by atoms with E-state index in [-0.39, 0.29) is 0 Å². The normalized spacial score (nSPS) is 12.1. The van der Waals surface area contributed by atoms with Crippen molar-refractivity contribution in [3.63, 3.8) is 0 Å². The Balaban J connectivity index is 0.715. The first-order valence-electron chi connectivity index (χ1n) is 31.0. The van der Waals surface area contributed by atoms with Crippen molar-refractivity contribution in [2.24, 2.45) is 0 Å². The first-order valence-corrected chi connectivity index (χ1v) is 31.0. The summed E-state index contributed by atoms with van der Waals surface area (Å²) in [4.78, 5) is 31.8. The molecule has 0 spiro atoms. The van der Waals surface area contributed by atoms with Gasteiger partial charge in [0.15, 0.2) is 11.6 Å². The van der Waals surface area contributed by atoms with Crippen molar-refractivity contribution in [2.75, 3.05) is 0 Å². The Hall–Kier alpha value is -12.7. The highest BCUT2D eigenvalue weighted by Gasteiger charge is 2.25. The molecule has 0 aliphatic carbocycles. The smallest absolute Gasteiger partial charge is 0.160 e. The highest BCUT2D eigenvalue weighted by Crippen LogP contribution is 2.44. The Morgan fingerprint density at radius 1 is 0.217 bits per heavy atom. The zero-order chi connectivity index (χ0) is 60.1. The van der Waals surface area contributed by atoms with Gasteiger partial charge in [-0.05, 0) is 119 Å². The van der Waals surface area contributed by atoms with E-state index in [9.17, 15) is 0 Å². The van der Waals surface area contributed by atoms with Crippen LogP contribution in [0.2, 0.25) is 0 Å². The summed E-state index contributed by atoms with van der Waals surface area (Å²) in [6, 6.07) is 103. The van der Waals surface area contributed by atoms with Gasteiger partial charge in [0.25, 0.3) is 0 Å². The lowest BCUT2D eigenvalue weighted by Gasteiger charge is -2.14. The molecule has 0 radical (unpaired) electrons. The minimum atomic E-state index is 0.650. The van der Waals surface area contributed by atoms with Crippen LogP contribution in [0.25, 0.3) is 188 Å². The summed E-state index contributed by atoms with van der Waals surface area (Å²) in [5.41, 5.74) is 21.8. The van der Waals surface area contributed by atoms with Crippen molar-refractivity contribution in [3.8, 4) is 67.8 Å². The van der Waals surface area contributed by atoms with Crippen LogP contribution in [0.1, 0.15) is 0 Å². The van der Waals surface area contributed by atoms with Gasteiger partial charge in [-0.25, -0.2) is 29.9 Å².